The molecule has 1 aromatic rings. The lowest BCUT2D eigenvalue weighted by Crippen LogP contribution is -2.25. The molecule has 0 saturated carbocycles. The first-order chi connectivity index (χ1) is 10.6. The Balaban J connectivity index is 2.28. The Labute approximate surface area is 131 Å². The van der Waals surface area contributed by atoms with Crippen LogP contribution in [0, 0.1) is 5.92 Å². The van der Waals surface area contributed by atoms with Gasteiger partial charge in [0.15, 0.2) is 5.78 Å². The molecule has 1 aliphatic rings. The van der Waals surface area contributed by atoms with Gasteiger partial charge in [0.1, 0.15) is 12.4 Å². The van der Waals surface area contributed by atoms with Gasteiger partial charge >= 0.3 is 5.97 Å². The van der Waals surface area contributed by atoms with Gasteiger partial charge in [0.2, 0.25) is 0 Å². The summed E-state index contributed by atoms with van der Waals surface area (Å²) in [4.78, 5) is 23.7. The lowest BCUT2D eigenvalue weighted by Gasteiger charge is -2.24. The molecule has 22 heavy (non-hydrogen) atoms. The first-order valence-corrected chi connectivity index (χ1v) is 7.63. The van der Waals surface area contributed by atoms with E-state index in [0.717, 1.165) is 24.0 Å². The van der Waals surface area contributed by atoms with Gasteiger partial charge in [-0.25, -0.2) is 0 Å². The highest BCUT2D eigenvalue weighted by Crippen LogP contribution is 2.32. The molecule has 0 heterocycles. The van der Waals surface area contributed by atoms with Gasteiger partial charge in [-0.05, 0) is 56.4 Å². The summed E-state index contributed by atoms with van der Waals surface area (Å²) in [5.41, 5.74) is 2.75. The Morgan fingerprint density at radius 2 is 2.14 bits per heavy atom. The van der Waals surface area contributed by atoms with Crippen LogP contribution in [-0.2, 0) is 22.4 Å². The highest BCUT2D eigenvalue weighted by molar-refractivity contribution is 5.97. The first-order valence-electron chi connectivity index (χ1n) is 7.63. The number of fused-ring (bicyclic) bond motifs is 1. The Kier molecular flexibility index (Phi) is 5.36. The Bertz CT molecular complexity index is 589. The molecule has 0 amide bonds. The summed E-state index contributed by atoms with van der Waals surface area (Å²) >= 11 is 0. The molecule has 1 atom stereocenters. The molecular weight excluding hydrogens is 280 g/mol. The minimum atomic E-state index is -0.149. The van der Waals surface area contributed by atoms with Crippen molar-refractivity contribution in [3.63, 3.8) is 0 Å². The van der Waals surface area contributed by atoms with E-state index in [1.165, 1.54) is 6.92 Å². The number of Topliss-reactive ketones (excluding diaryl/α,β-unsaturated/α-hetero) is 1. The number of hydrogen-bond acceptors (Lipinski definition) is 4. The minimum absolute atomic E-state index is 0.0416. The Morgan fingerprint density at radius 1 is 1.36 bits per heavy atom. The van der Waals surface area contributed by atoms with Crippen molar-refractivity contribution in [2.75, 3.05) is 13.2 Å². The van der Waals surface area contributed by atoms with Gasteiger partial charge in [-0.15, -0.1) is 0 Å². The summed E-state index contributed by atoms with van der Waals surface area (Å²) in [6.07, 6.45) is 3.84. The number of ether oxygens (including phenoxy) is 2. The highest BCUT2D eigenvalue weighted by Gasteiger charge is 2.27. The fourth-order valence-electron chi connectivity index (χ4n) is 2.79. The molecule has 2 rings (SSSR count). The van der Waals surface area contributed by atoms with E-state index in [1.54, 1.807) is 6.08 Å². The van der Waals surface area contributed by atoms with E-state index in [9.17, 15) is 9.59 Å². The van der Waals surface area contributed by atoms with Gasteiger partial charge in [0.25, 0.3) is 0 Å². The Morgan fingerprint density at radius 3 is 2.77 bits per heavy atom. The monoisotopic (exact) mass is 302 g/mol. The van der Waals surface area contributed by atoms with Gasteiger partial charge in [0.05, 0.1) is 18.1 Å². The van der Waals surface area contributed by atoms with Crippen molar-refractivity contribution in [1.82, 2.24) is 0 Å². The van der Waals surface area contributed by atoms with Crippen LogP contribution in [0.5, 0.6) is 5.75 Å². The molecule has 0 fully saturated rings. The predicted octanol–water partition coefficient (Wildman–Crippen LogP) is 3.12. The van der Waals surface area contributed by atoms with Crippen LogP contribution in [-0.4, -0.2) is 25.0 Å². The summed E-state index contributed by atoms with van der Waals surface area (Å²) in [5.74, 6) is 0.289. The van der Waals surface area contributed by atoms with Crippen LogP contribution in [0.3, 0.4) is 0 Å². The van der Waals surface area contributed by atoms with Crippen molar-refractivity contribution >= 4 is 11.8 Å². The van der Waals surface area contributed by atoms with E-state index in [-0.39, 0.29) is 17.7 Å². The number of rotatable bonds is 6. The van der Waals surface area contributed by atoms with Crippen molar-refractivity contribution < 1.29 is 19.1 Å². The van der Waals surface area contributed by atoms with Crippen LogP contribution in [0.4, 0.5) is 0 Å². The number of carbonyl (C=O) groups excluding carboxylic acids is 2. The normalized spacial score (nSPS) is 16.5. The lowest BCUT2D eigenvalue weighted by atomic mass is 9.82. The van der Waals surface area contributed by atoms with Crippen LogP contribution < -0.4 is 4.74 Å². The lowest BCUT2D eigenvalue weighted by molar-refractivity contribution is -0.148. The van der Waals surface area contributed by atoms with Gasteiger partial charge < -0.3 is 9.47 Å². The maximum absolute atomic E-state index is 11.9. The zero-order valence-electron chi connectivity index (χ0n) is 13.2. The second-order valence-electron chi connectivity index (χ2n) is 5.46. The van der Waals surface area contributed by atoms with E-state index >= 15 is 0 Å². The maximum Gasteiger partial charge on any atom is 0.309 e. The van der Waals surface area contributed by atoms with Crippen LogP contribution >= 0.6 is 0 Å². The second-order valence-corrected chi connectivity index (χ2v) is 5.46. The second kappa shape index (κ2) is 7.25. The number of carbonyl (C=O) groups is 2. The third-order valence-electron chi connectivity index (χ3n) is 3.89. The average Bonchev–Trinajstić information content (AvgIpc) is 2.51. The topological polar surface area (TPSA) is 52.6 Å². The fourth-order valence-corrected chi connectivity index (χ4v) is 2.79. The van der Waals surface area contributed by atoms with E-state index in [2.05, 4.69) is 6.58 Å². The molecule has 0 aromatic heterocycles. The molecule has 1 aromatic carbocycles. The molecule has 0 N–H and O–H groups in total. The average molecular weight is 302 g/mol. The molecule has 0 saturated heterocycles. The molecule has 0 spiro atoms. The number of esters is 1. The van der Waals surface area contributed by atoms with Crippen LogP contribution in [0.2, 0.25) is 0 Å². The Hall–Kier alpha value is -2.10. The van der Waals surface area contributed by atoms with Gasteiger partial charge in [0, 0.05) is 0 Å². The minimum Gasteiger partial charge on any atom is -0.489 e. The molecule has 118 valence electrons. The van der Waals surface area contributed by atoms with Crippen molar-refractivity contribution in [2.24, 2.45) is 5.92 Å². The van der Waals surface area contributed by atoms with Crippen molar-refractivity contribution in [3.05, 3.63) is 41.5 Å². The number of hydrogen-bond donors (Lipinski definition) is 0. The maximum atomic E-state index is 11.9. The predicted molar refractivity (Wildman–Crippen MR) is 84.3 cm³/mol. The number of ketones is 1. The third-order valence-corrected chi connectivity index (χ3v) is 3.89. The number of aryl methyl sites for hydroxylation is 1. The van der Waals surface area contributed by atoms with E-state index in [0.29, 0.717) is 30.9 Å². The van der Waals surface area contributed by atoms with Crippen LogP contribution in [0.1, 0.15) is 41.8 Å². The number of benzene rings is 1. The van der Waals surface area contributed by atoms with Crippen LogP contribution in [0.25, 0.3) is 0 Å². The van der Waals surface area contributed by atoms with E-state index in [1.807, 2.05) is 19.1 Å². The molecule has 0 aliphatic heterocycles. The van der Waals surface area contributed by atoms with Crippen molar-refractivity contribution in [1.29, 1.82) is 0 Å². The zero-order valence-corrected chi connectivity index (χ0v) is 13.2. The molecule has 1 unspecified atom stereocenters. The summed E-state index contributed by atoms with van der Waals surface area (Å²) in [6.45, 7) is 7.72. The summed E-state index contributed by atoms with van der Waals surface area (Å²) in [7, 11) is 0. The molecule has 1 aliphatic carbocycles. The SMILES string of the molecule is C=CCOc1cc2c(cc1C(C)=O)CC(C(=O)OCC)CC2. The largest absolute Gasteiger partial charge is 0.489 e. The van der Waals surface area contributed by atoms with E-state index in [4.69, 9.17) is 9.47 Å². The summed E-state index contributed by atoms with van der Waals surface area (Å²) in [5, 5.41) is 0. The fraction of sp³-hybridized carbons (Fsp3) is 0.444. The van der Waals surface area contributed by atoms with Crippen molar-refractivity contribution in [2.45, 2.75) is 33.1 Å². The van der Waals surface area contributed by atoms with E-state index < -0.39 is 0 Å². The van der Waals surface area contributed by atoms with Crippen LogP contribution in [0.15, 0.2) is 24.8 Å². The first kappa shape index (κ1) is 16.3. The third kappa shape index (κ3) is 3.56. The highest BCUT2D eigenvalue weighted by atomic mass is 16.5. The smallest absolute Gasteiger partial charge is 0.309 e. The summed E-state index contributed by atoms with van der Waals surface area (Å²) in [6, 6.07) is 3.79. The van der Waals surface area contributed by atoms with Gasteiger partial charge in [-0.2, -0.15) is 0 Å². The molecule has 4 heteroatoms. The molecular formula is C18H22O4. The van der Waals surface area contributed by atoms with Gasteiger partial charge in [-0.3, -0.25) is 9.59 Å². The quantitative estimate of drug-likeness (QED) is 0.460. The molecule has 4 nitrogen and oxygen atoms in total. The van der Waals surface area contributed by atoms with Gasteiger partial charge in [-0.1, -0.05) is 12.7 Å². The standard InChI is InChI=1S/C18H22O4/c1-4-8-22-17-11-13-6-7-14(18(20)21-5-2)9-15(13)10-16(17)12(3)19/h4,10-11,14H,1,5-9H2,2-3H3. The summed E-state index contributed by atoms with van der Waals surface area (Å²) < 4.78 is 10.7. The molecule has 0 radical (unpaired) electrons. The molecule has 0 bridgehead atoms. The zero-order chi connectivity index (χ0) is 16.1. The van der Waals surface area contributed by atoms with Crippen molar-refractivity contribution in [3.8, 4) is 5.75 Å².